The molecule has 6 heteroatoms. The highest BCUT2D eigenvalue weighted by atomic mass is 32.2. The zero-order valence-electron chi connectivity index (χ0n) is 9.94. The number of unbranched alkanes of at least 4 members (excludes halogenated alkanes) is 2. The number of hydrogen-bond acceptors (Lipinski definition) is 4. The Kier molecular flexibility index (Phi) is 9.23. The highest BCUT2D eigenvalue weighted by Crippen LogP contribution is 2.09. The van der Waals surface area contributed by atoms with Crippen molar-refractivity contribution in [2.45, 2.75) is 38.6 Å². The van der Waals surface area contributed by atoms with Gasteiger partial charge in [-0.15, -0.1) is 0 Å². The lowest BCUT2D eigenvalue weighted by Gasteiger charge is -2.22. The van der Waals surface area contributed by atoms with Crippen LogP contribution < -0.4 is 6.15 Å². The fourth-order valence-electron chi connectivity index (χ4n) is 1.36. The molecule has 0 bridgehead atoms. The standard InChI is InChI=1S/C9H21NO3S.H3N/c1-4-5-6-7-9(10(2)3)8-14(11,12)13;/h9H,4-8H2,1-3H3,(H,11,12,13);1H3. The second-order valence-electron chi connectivity index (χ2n) is 3.86. The van der Waals surface area contributed by atoms with E-state index in [-0.39, 0.29) is 17.9 Å². The smallest absolute Gasteiger partial charge is 0.266 e. The predicted molar refractivity (Wildman–Crippen MR) is 63.1 cm³/mol. The Morgan fingerprint density at radius 2 is 1.80 bits per heavy atom. The van der Waals surface area contributed by atoms with E-state index in [1.54, 1.807) is 0 Å². The summed E-state index contributed by atoms with van der Waals surface area (Å²) in [7, 11) is -0.177. The molecule has 1 atom stereocenters. The Morgan fingerprint density at radius 1 is 1.27 bits per heavy atom. The Labute approximate surface area is 93.2 Å². The first kappa shape index (κ1) is 17.2. The van der Waals surface area contributed by atoms with Gasteiger partial charge < -0.3 is 11.1 Å². The number of nitrogens with zero attached hydrogens (tertiary/aromatic N) is 1. The third-order valence-corrected chi connectivity index (χ3v) is 3.08. The maximum absolute atomic E-state index is 10.7. The summed E-state index contributed by atoms with van der Waals surface area (Å²) in [4.78, 5) is 1.85. The van der Waals surface area contributed by atoms with Gasteiger partial charge in [-0.1, -0.05) is 26.2 Å². The molecule has 0 aromatic rings. The molecule has 94 valence electrons. The summed E-state index contributed by atoms with van der Waals surface area (Å²) in [5, 5.41) is 0. The van der Waals surface area contributed by atoms with Crippen LogP contribution in [0, 0.1) is 0 Å². The van der Waals surface area contributed by atoms with Crippen LogP contribution in [0.4, 0.5) is 0 Å². The molecule has 0 fully saturated rings. The van der Waals surface area contributed by atoms with Crippen LogP contribution >= 0.6 is 0 Å². The quantitative estimate of drug-likeness (QED) is 0.520. The van der Waals surface area contributed by atoms with Crippen LogP contribution in [0.2, 0.25) is 0 Å². The molecule has 0 spiro atoms. The van der Waals surface area contributed by atoms with E-state index in [0.29, 0.717) is 0 Å². The van der Waals surface area contributed by atoms with E-state index in [0.717, 1.165) is 25.7 Å². The van der Waals surface area contributed by atoms with Gasteiger partial charge in [0, 0.05) is 6.04 Å². The van der Waals surface area contributed by atoms with Crippen molar-refractivity contribution in [3.63, 3.8) is 0 Å². The Bertz CT molecular complexity index is 240. The zero-order chi connectivity index (χ0) is 11.2. The van der Waals surface area contributed by atoms with E-state index < -0.39 is 10.1 Å². The van der Waals surface area contributed by atoms with E-state index in [4.69, 9.17) is 4.55 Å². The van der Waals surface area contributed by atoms with E-state index in [9.17, 15) is 8.42 Å². The number of rotatable bonds is 7. The van der Waals surface area contributed by atoms with Gasteiger partial charge in [-0.25, -0.2) is 0 Å². The molecule has 0 saturated heterocycles. The molecule has 0 aromatic carbocycles. The highest BCUT2D eigenvalue weighted by molar-refractivity contribution is 7.85. The van der Waals surface area contributed by atoms with E-state index in [1.807, 2.05) is 19.0 Å². The van der Waals surface area contributed by atoms with Crippen LogP contribution in [0.25, 0.3) is 0 Å². The van der Waals surface area contributed by atoms with Gasteiger partial charge in [0.25, 0.3) is 10.1 Å². The first-order valence-electron chi connectivity index (χ1n) is 4.98. The number of hydrogen-bond donors (Lipinski definition) is 2. The van der Waals surface area contributed by atoms with Gasteiger partial charge in [-0.3, -0.25) is 4.55 Å². The lowest BCUT2D eigenvalue weighted by Crippen LogP contribution is -2.34. The summed E-state index contributed by atoms with van der Waals surface area (Å²) in [5.41, 5.74) is 0. The molecular formula is C9H24N2O3S. The van der Waals surface area contributed by atoms with Crippen LogP contribution in [0.1, 0.15) is 32.6 Å². The Hall–Kier alpha value is -0.170. The fraction of sp³-hybridized carbons (Fsp3) is 1.00. The Balaban J connectivity index is 0. The second kappa shape index (κ2) is 8.04. The van der Waals surface area contributed by atoms with Gasteiger partial charge in [0.1, 0.15) is 0 Å². The second-order valence-corrected chi connectivity index (χ2v) is 5.36. The SMILES string of the molecule is CCCCCC(CS(=O)(=O)O)N(C)C.N. The lowest BCUT2D eigenvalue weighted by molar-refractivity contribution is 0.289. The molecule has 0 saturated carbocycles. The minimum absolute atomic E-state index is 0. The van der Waals surface area contributed by atoms with Gasteiger partial charge >= 0.3 is 0 Å². The average Bonchev–Trinajstić information content (AvgIpc) is 2.00. The summed E-state index contributed by atoms with van der Waals surface area (Å²) in [6, 6.07) is -0.0726. The molecule has 0 amide bonds. The predicted octanol–water partition coefficient (Wildman–Crippen LogP) is 1.55. The molecule has 5 nitrogen and oxygen atoms in total. The van der Waals surface area contributed by atoms with Crippen LogP contribution in [-0.4, -0.2) is 43.8 Å². The maximum Gasteiger partial charge on any atom is 0.266 e. The third-order valence-electron chi connectivity index (χ3n) is 2.27. The molecule has 0 rings (SSSR count). The lowest BCUT2D eigenvalue weighted by atomic mass is 10.1. The monoisotopic (exact) mass is 240 g/mol. The minimum atomic E-state index is -3.85. The molecule has 15 heavy (non-hydrogen) atoms. The molecular weight excluding hydrogens is 216 g/mol. The van der Waals surface area contributed by atoms with E-state index in [1.165, 1.54) is 0 Å². The molecule has 0 radical (unpaired) electrons. The van der Waals surface area contributed by atoms with Crippen molar-refractivity contribution in [1.82, 2.24) is 11.1 Å². The first-order valence-corrected chi connectivity index (χ1v) is 6.59. The fourth-order valence-corrected chi connectivity index (χ4v) is 2.31. The van der Waals surface area contributed by atoms with Crippen LogP contribution in [-0.2, 0) is 10.1 Å². The van der Waals surface area contributed by atoms with Crippen molar-refractivity contribution in [1.29, 1.82) is 0 Å². The van der Waals surface area contributed by atoms with E-state index in [2.05, 4.69) is 6.92 Å². The largest absolute Gasteiger partial charge is 0.344 e. The normalized spacial score (nSPS) is 13.7. The molecule has 1 unspecified atom stereocenters. The van der Waals surface area contributed by atoms with Gasteiger partial charge in [0.05, 0.1) is 5.75 Å². The minimum Gasteiger partial charge on any atom is -0.344 e. The topological polar surface area (TPSA) is 92.6 Å². The van der Waals surface area contributed by atoms with Crippen LogP contribution in [0.3, 0.4) is 0 Å². The van der Waals surface area contributed by atoms with Crippen molar-refractivity contribution in [2.75, 3.05) is 19.8 Å². The summed E-state index contributed by atoms with van der Waals surface area (Å²) < 4.78 is 30.2. The molecule has 0 aliphatic rings. The first-order chi connectivity index (χ1) is 6.37. The van der Waals surface area contributed by atoms with Crippen molar-refractivity contribution in [3.05, 3.63) is 0 Å². The van der Waals surface area contributed by atoms with Crippen molar-refractivity contribution >= 4 is 10.1 Å². The molecule has 0 heterocycles. The zero-order valence-corrected chi connectivity index (χ0v) is 10.8. The van der Waals surface area contributed by atoms with Crippen molar-refractivity contribution in [2.24, 2.45) is 0 Å². The Morgan fingerprint density at radius 3 is 2.13 bits per heavy atom. The highest BCUT2D eigenvalue weighted by Gasteiger charge is 2.18. The molecule has 4 N–H and O–H groups in total. The molecule has 0 aliphatic carbocycles. The van der Waals surface area contributed by atoms with Gasteiger partial charge in [-0.05, 0) is 20.5 Å². The molecule has 0 aromatic heterocycles. The summed E-state index contributed by atoms with van der Waals surface area (Å²) in [5.74, 6) is -0.163. The summed E-state index contributed by atoms with van der Waals surface area (Å²) >= 11 is 0. The van der Waals surface area contributed by atoms with Crippen LogP contribution in [0.15, 0.2) is 0 Å². The van der Waals surface area contributed by atoms with Gasteiger partial charge in [-0.2, -0.15) is 8.42 Å². The van der Waals surface area contributed by atoms with Gasteiger partial charge in [0.2, 0.25) is 0 Å². The third kappa shape index (κ3) is 10.1. The summed E-state index contributed by atoms with van der Waals surface area (Å²) in [6.45, 7) is 2.10. The van der Waals surface area contributed by atoms with Crippen LogP contribution in [0.5, 0.6) is 0 Å². The van der Waals surface area contributed by atoms with Crippen molar-refractivity contribution < 1.29 is 13.0 Å². The van der Waals surface area contributed by atoms with Crippen molar-refractivity contribution in [3.8, 4) is 0 Å². The molecule has 0 aliphatic heterocycles. The van der Waals surface area contributed by atoms with E-state index >= 15 is 0 Å². The van der Waals surface area contributed by atoms with Gasteiger partial charge in [0.15, 0.2) is 0 Å². The summed E-state index contributed by atoms with van der Waals surface area (Å²) in [6.07, 6.45) is 4.05. The maximum atomic E-state index is 10.7. The average molecular weight is 240 g/mol.